The van der Waals surface area contributed by atoms with Gasteiger partial charge in [0.05, 0.1) is 22.4 Å². The maximum atomic E-state index is 6.55. The first-order chi connectivity index (χ1) is 30.2. The van der Waals surface area contributed by atoms with Gasteiger partial charge >= 0.3 is 0 Å². The van der Waals surface area contributed by atoms with Crippen LogP contribution < -0.4 is 0 Å². The fourth-order valence-corrected chi connectivity index (χ4v) is 9.53. The summed E-state index contributed by atoms with van der Waals surface area (Å²) in [5.74, 6) is 0. The zero-order valence-corrected chi connectivity index (χ0v) is 32.9. The first kappa shape index (κ1) is 33.8. The number of hydrogen-bond acceptors (Lipinski definition) is 3. The summed E-state index contributed by atoms with van der Waals surface area (Å²) >= 11 is 0. The molecular formula is C58H34N2O. The minimum atomic E-state index is 0.897. The number of furan rings is 1. The molecule has 0 unspecified atom stereocenters. The third-order valence-electron chi connectivity index (χ3n) is 12.6. The van der Waals surface area contributed by atoms with Crippen molar-refractivity contribution in [2.45, 2.75) is 0 Å². The Morgan fingerprint density at radius 3 is 1.75 bits per heavy atom. The van der Waals surface area contributed by atoms with Crippen LogP contribution in [0.5, 0.6) is 0 Å². The lowest BCUT2D eigenvalue weighted by Gasteiger charge is -2.12. The first-order valence-corrected chi connectivity index (χ1v) is 20.8. The summed E-state index contributed by atoms with van der Waals surface area (Å²) < 4.78 is 6.55. The van der Waals surface area contributed by atoms with E-state index in [2.05, 4.69) is 194 Å². The molecule has 0 saturated heterocycles. The number of benzene rings is 10. The number of rotatable bonds is 4. The Kier molecular flexibility index (Phi) is 7.31. The van der Waals surface area contributed by atoms with E-state index in [1.807, 2.05) is 12.1 Å². The quantitative estimate of drug-likeness (QED) is 0.167. The molecule has 0 aliphatic carbocycles. The van der Waals surface area contributed by atoms with E-state index >= 15 is 0 Å². The molecule has 3 heterocycles. The molecule has 0 fully saturated rings. The molecule has 282 valence electrons. The van der Waals surface area contributed by atoms with Gasteiger partial charge in [0.1, 0.15) is 11.2 Å². The standard InChI is InChI=1S/C58H34N2O/c1-2-8-35(9-3-1)42-24-18-38-16-22-40-27-31-52(59-57(40)51(38)34-42)44-26-28-45-43(32-44)25-19-37-17-23-41(33-50(37)45)36-14-20-39(21-15-36)56-49-30-29-47-46-10-5-7-13-54(46)61-58(47)55(49)48-11-4-6-12-53(48)60-56/h1-34H. The molecule has 0 saturated carbocycles. The Hall–Kier alpha value is -8.14. The third kappa shape index (κ3) is 5.38. The number of para-hydroxylation sites is 2. The normalized spacial score (nSPS) is 11.9. The molecule has 3 heteroatoms. The Labute approximate surface area is 350 Å². The van der Waals surface area contributed by atoms with Gasteiger partial charge in [0, 0.05) is 48.8 Å². The third-order valence-corrected chi connectivity index (χ3v) is 12.6. The monoisotopic (exact) mass is 774 g/mol. The van der Waals surface area contributed by atoms with Gasteiger partial charge in [0.2, 0.25) is 0 Å². The van der Waals surface area contributed by atoms with Gasteiger partial charge in [0.25, 0.3) is 0 Å². The molecule has 0 amide bonds. The lowest BCUT2D eigenvalue weighted by molar-refractivity contribution is 0.673. The second kappa shape index (κ2) is 13.2. The molecule has 0 N–H and O–H groups in total. The SMILES string of the molecule is c1ccc(-c2ccc3ccc4ccc(-c5ccc6c(ccc7ccc(-c8ccc(-c9nc%10ccccc%10c%10c9ccc9c%11ccccc%11oc9%10)cc8)cc76)c5)nc4c3c2)cc1. The van der Waals surface area contributed by atoms with Gasteiger partial charge in [0.15, 0.2) is 0 Å². The number of hydrogen-bond donors (Lipinski definition) is 0. The van der Waals surface area contributed by atoms with E-state index in [1.54, 1.807) is 0 Å². The van der Waals surface area contributed by atoms with Crippen LogP contribution in [0.4, 0.5) is 0 Å². The summed E-state index contributed by atoms with van der Waals surface area (Å²) in [6, 6.07) is 73.9. The molecule has 13 aromatic rings. The highest BCUT2D eigenvalue weighted by Gasteiger charge is 2.18. The maximum absolute atomic E-state index is 6.55. The molecule has 0 radical (unpaired) electrons. The lowest BCUT2D eigenvalue weighted by Crippen LogP contribution is -1.90. The fourth-order valence-electron chi connectivity index (χ4n) is 9.53. The van der Waals surface area contributed by atoms with Gasteiger partial charge in [-0.15, -0.1) is 0 Å². The van der Waals surface area contributed by atoms with Crippen LogP contribution in [-0.4, -0.2) is 9.97 Å². The van der Waals surface area contributed by atoms with E-state index in [0.29, 0.717) is 0 Å². The topological polar surface area (TPSA) is 38.9 Å². The molecule has 0 bridgehead atoms. The van der Waals surface area contributed by atoms with Gasteiger partial charge in [-0.3, -0.25) is 0 Å². The average Bonchev–Trinajstić information content (AvgIpc) is 3.72. The van der Waals surface area contributed by atoms with E-state index in [-0.39, 0.29) is 0 Å². The summed E-state index contributed by atoms with van der Waals surface area (Å²) in [5, 5.41) is 13.9. The van der Waals surface area contributed by atoms with Crippen LogP contribution in [0, 0.1) is 0 Å². The van der Waals surface area contributed by atoms with E-state index in [4.69, 9.17) is 14.4 Å². The zero-order chi connectivity index (χ0) is 40.0. The average molecular weight is 775 g/mol. The fraction of sp³-hybridized carbons (Fsp3) is 0. The van der Waals surface area contributed by atoms with Crippen LogP contribution in [-0.2, 0) is 0 Å². The minimum absolute atomic E-state index is 0.897. The Morgan fingerprint density at radius 2 is 0.902 bits per heavy atom. The van der Waals surface area contributed by atoms with Gasteiger partial charge in [-0.1, -0.05) is 164 Å². The molecule has 0 aliphatic heterocycles. The highest BCUT2D eigenvalue weighted by atomic mass is 16.3. The summed E-state index contributed by atoms with van der Waals surface area (Å²) in [4.78, 5) is 10.5. The molecule has 61 heavy (non-hydrogen) atoms. The molecule has 13 rings (SSSR count). The van der Waals surface area contributed by atoms with Crippen molar-refractivity contribution in [2.75, 3.05) is 0 Å². The van der Waals surface area contributed by atoms with Crippen molar-refractivity contribution in [1.82, 2.24) is 9.97 Å². The highest BCUT2D eigenvalue weighted by Crippen LogP contribution is 2.41. The van der Waals surface area contributed by atoms with Crippen LogP contribution in [0.1, 0.15) is 0 Å². The number of fused-ring (bicyclic) bond motifs is 13. The van der Waals surface area contributed by atoms with Crippen LogP contribution in [0.3, 0.4) is 0 Å². The van der Waals surface area contributed by atoms with E-state index in [0.717, 1.165) is 82.6 Å². The largest absolute Gasteiger partial charge is 0.455 e. The smallest absolute Gasteiger partial charge is 0.144 e. The van der Waals surface area contributed by atoms with Crippen LogP contribution in [0.25, 0.3) is 132 Å². The van der Waals surface area contributed by atoms with Crippen molar-refractivity contribution < 1.29 is 4.42 Å². The van der Waals surface area contributed by atoms with Crippen LogP contribution in [0.2, 0.25) is 0 Å². The molecule has 0 atom stereocenters. The van der Waals surface area contributed by atoms with Crippen molar-refractivity contribution >= 4 is 86.8 Å². The molecule has 3 nitrogen and oxygen atoms in total. The summed E-state index contributed by atoms with van der Waals surface area (Å²) in [6.07, 6.45) is 0. The van der Waals surface area contributed by atoms with E-state index < -0.39 is 0 Å². The number of aromatic nitrogens is 2. The number of nitrogens with zero attached hydrogens (tertiary/aromatic N) is 2. The van der Waals surface area contributed by atoms with E-state index in [1.165, 1.54) is 49.0 Å². The molecular weight excluding hydrogens is 741 g/mol. The molecule has 0 spiro atoms. The van der Waals surface area contributed by atoms with Crippen LogP contribution in [0.15, 0.2) is 211 Å². The second-order valence-corrected chi connectivity index (χ2v) is 16.1. The van der Waals surface area contributed by atoms with Gasteiger partial charge in [-0.25, -0.2) is 9.97 Å². The summed E-state index contributed by atoms with van der Waals surface area (Å²) in [6.45, 7) is 0. The lowest BCUT2D eigenvalue weighted by atomic mass is 9.94. The Balaban J connectivity index is 0.876. The minimum Gasteiger partial charge on any atom is -0.455 e. The van der Waals surface area contributed by atoms with Gasteiger partial charge in [-0.05, 0) is 91.6 Å². The van der Waals surface area contributed by atoms with Crippen molar-refractivity contribution in [3.05, 3.63) is 206 Å². The van der Waals surface area contributed by atoms with Gasteiger partial charge in [-0.2, -0.15) is 0 Å². The van der Waals surface area contributed by atoms with Crippen molar-refractivity contribution in [3.63, 3.8) is 0 Å². The van der Waals surface area contributed by atoms with Crippen molar-refractivity contribution in [2.24, 2.45) is 0 Å². The van der Waals surface area contributed by atoms with Crippen molar-refractivity contribution in [1.29, 1.82) is 0 Å². The Morgan fingerprint density at radius 1 is 0.311 bits per heavy atom. The summed E-state index contributed by atoms with van der Waals surface area (Å²) in [5.41, 5.74) is 12.6. The van der Waals surface area contributed by atoms with E-state index in [9.17, 15) is 0 Å². The van der Waals surface area contributed by atoms with Gasteiger partial charge < -0.3 is 4.42 Å². The zero-order valence-electron chi connectivity index (χ0n) is 32.9. The second-order valence-electron chi connectivity index (χ2n) is 16.1. The number of pyridine rings is 2. The Bertz CT molecular complexity index is 3920. The molecule has 0 aliphatic rings. The predicted octanol–water partition coefficient (Wildman–Crippen LogP) is 16.0. The van der Waals surface area contributed by atoms with Crippen LogP contribution >= 0.6 is 0 Å². The highest BCUT2D eigenvalue weighted by molar-refractivity contribution is 6.24. The maximum Gasteiger partial charge on any atom is 0.144 e. The molecule has 3 aromatic heterocycles. The summed E-state index contributed by atoms with van der Waals surface area (Å²) in [7, 11) is 0. The van der Waals surface area contributed by atoms with Crippen molar-refractivity contribution in [3.8, 4) is 44.8 Å². The first-order valence-electron chi connectivity index (χ1n) is 20.8. The predicted molar refractivity (Wildman–Crippen MR) is 256 cm³/mol. The molecule has 10 aromatic carbocycles.